The van der Waals surface area contributed by atoms with E-state index in [-0.39, 0.29) is 17.5 Å². The standard InChI is InChI=1S/C11H18BrNO3S2/c1-4-5-8(2)13(3)18(15,16)10-6-9(7-14)17-11(10)12/h6,8,14H,4-5,7H2,1-3H3. The third-order valence-electron chi connectivity index (χ3n) is 2.85. The molecule has 0 bridgehead atoms. The van der Waals surface area contributed by atoms with E-state index in [4.69, 9.17) is 5.11 Å². The van der Waals surface area contributed by atoms with E-state index in [1.54, 1.807) is 7.05 Å². The molecule has 0 aromatic carbocycles. The highest BCUT2D eigenvalue weighted by Crippen LogP contribution is 2.34. The maximum atomic E-state index is 12.4. The predicted molar refractivity (Wildman–Crippen MR) is 77.3 cm³/mol. The molecule has 1 N–H and O–H groups in total. The van der Waals surface area contributed by atoms with E-state index in [1.807, 2.05) is 13.8 Å². The second-order valence-electron chi connectivity index (χ2n) is 4.17. The monoisotopic (exact) mass is 355 g/mol. The van der Waals surface area contributed by atoms with Crippen LogP contribution >= 0.6 is 27.3 Å². The minimum Gasteiger partial charge on any atom is -0.391 e. The van der Waals surface area contributed by atoms with E-state index in [2.05, 4.69) is 15.9 Å². The van der Waals surface area contributed by atoms with Crippen molar-refractivity contribution in [3.8, 4) is 0 Å². The van der Waals surface area contributed by atoms with E-state index in [0.29, 0.717) is 8.66 Å². The number of aliphatic hydroxyl groups excluding tert-OH is 1. The molecule has 1 atom stereocenters. The van der Waals surface area contributed by atoms with Gasteiger partial charge in [-0.2, -0.15) is 4.31 Å². The van der Waals surface area contributed by atoms with Crippen LogP contribution in [0.3, 0.4) is 0 Å². The lowest BCUT2D eigenvalue weighted by Gasteiger charge is -2.23. The summed E-state index contributed by atoms with van der Waals surface area (Å²) in [6, 6.07) is 1.49. The van der Waals surface area contributed by atoms with Gasteiger partial charge < -0.3 is 5.11 Å². The molecule has 0 fully saturated rings. The highest BCUT2D eigenvalue weighted by atomic mass is 79.9. The molecule has 4 nitrogen and oxygen atoms in total. The van der Waals surface area contributed by atoms with Gasteiger partial charge in [0.25, 0.3) is 0 Å². The molecule has 0 saturated carbocycles. The fourth-order valence-corrected chi connectivity index (χ4v) is 5.53. The van der Waals surface area contributed by atoms with Gasteiger partial charge in [-0.15, -0.1) is 11.3 Å². The van der Waals surface area contributed by atoms with E-state index >= 15 is 0 Å². The van der Waals surface area contributed by atoms with Crippen LogP contribution in [0, 0.1) is 0 Å². The summed E-state index contributed by atoms with van der Waals surface area (Å²) in [6.45, 7) is 3.78. The summed E-state index contributed by atoms with van der Waals surface area (Å²) in [5.41, 5.74) is 0. The molecular formula is C11H18BrNO3S2. The van der Waals surface area contributed by atoms with E-state index < -0.39 is 10.0 Å². The number of nitrogens with zero attached hydrogens (tertiary/aromatic N) is 1. The molecular weight excluding hydrogens is 338 g/mol. The van der Waals surface area contributed by atoms with Gasteiger partial charge in [-0.25, -0.2) is 8.42 Å². The van der Waals surface area contributed by atoms with Crippen molar-refractivity contribution in [2.24, 2.45) is 0 Å². The third kappa shape index (κ3) is 3.33. The Hall–Kier alpha value is 0.0500. The third-order valence-corrected chi connectivity index (χ3v) is 7.06. The zero-order chi connectivity index (χ0) is 13.9. The SMILES string of the molecule is CCCC(C)N(C)S(=O)(=O)c1cc(CO)sc1Br. The largest absolute Gasteiger partial charge is 0.391 e. The van der Waals surface area contributed by atoms with Crippen molar-refractivity contribution in [2.45, 2.75) is 44.2 Å². The Morgan fingerprint density at radius 3 is 2.61 bits per heavy atom. The Balaban J connectivity index is 3.08. The Labute approximate surface area is 121 Å². The molecule has 7 heteroatoms. The van der Waals surface area contributed by atoms with Crippen LogP contribution in [0.15, 0.2) is 14.7 Å². The molecule has 0 aliphatic heterocycles. The van der Waals surface area contributed by atoms with Gasteiger partial charge >= 0.3 is 0 Å². The highest BCUT2D eigenvalue weighted by molar-refractivity contribution is 9.11. The Morgan fingerprint density at radius 2 is 2.17 bits per heavy atom. The van der Waals surface area contributed by atoms with Crippen molar-refractivity contribution in [2.75, 3.05) is 7.05 Å². The lowest BCUT2D eigenvalue weighted by atomic mass is 10.2. The van der Waals surface area contributed by atoms with Crippen molar-refractivity contribution in [1.82, 2.24) is 4.31 Å². The summed E-state index contributed by atoms with van der Waals surface area (Å²) in [5.74, 6) is 0. The van der Waals surface area contributed by atoms with Crippen molar-refractivity contribution in [1.29, 1.82) is 0 Å². The summed E-state index contributed by atoms with van der Waals surface area (Å²) < 4.78 is 26.8. The minimum absolute atomic E-state index is 0.0376. The first-order chi connectivity index (χ1) is 8.34. The van der Waals surface area contributed by atoms with E-state index in [0.717, 1.165) is 12.8 Å². The van der Waals surface area contributed by atoms with Gasteiger partial charge in [0.15, 0.2) is 0 Å². The molecule has 0 amide bonds. The van der Waals surface area contributed by atoms with Crippen LogP contribution in [0.1, 0.15) is 31.6 Å². The molecule has 0 aliphatic rings. The van der Waals surface area contributed by atoms with Crippen LogP contribution in [0.25, 0.3) is 0 Å². The minimum atomic E-state index is -3.49. The van der Waals surface area contributed by atoms with Crippen molar-refractivity contribution < 1.29 is 13.5 Å². The molecule has 1 unspecified atom stereocenters. The Bertz CT molecular complexity index is 498. The average Bonchev–Trinajstić information content (AvgIpc) is 2.70. The first-order valence-corrected chi connectivity index (χ1v) is 8.76. The summed E-state index contributed by atoms with van der Waals surface area (Å²) in [5, 5.41) is 9.05. The van der Waals surface area contributed by atoms with Crippen LogP contribution in [-0.2, 0) is 16.6 Å². The van der Waals surface area contributed by atoms with E-state index in [9.17, 15) is 8.42 Å². The van der Waals surface area contributed by atoms with Gasteiger partial charge in [0.1, 0.15) is 4.90 Å². The molecule has 1 aromatic rings. The smallest absolute Gasteiger partial charge is 0.245 e. The predicted octanol–water partition coefficient (Wildman–Crippen LogP) is 2.81. The highest BCUT2D eigenvalue weighted by Gasteiger charge is 2.28. The second-order valence-corrected chi connectivity index (χ2v) is 8.59. The average molecular weight is 356 g/mol. The van der Waals surface area contributed by atoms with Crippen LogP contribution in [-0.4, -0.2) is 30.9 Å². The lowest BCUT2D eigenvalue weighted by molar-refractivity contribution is 0.285. The number of rotatable bonds is 6. The number of sulfonamides is 1. The van der Waals surface area contributed by atoms with Gasteiger partial charge in [-0.05, 0) is 35.3 Å². The van der Waals surface area contributed by atoms with Crippen molar-refractivity contribution >= 4 is 37.3 Å². The molecule has 0 spiro atoms. The van der Waals surface area contributed by atoms with Gasteiger partial charge in [0, 0.05) is 18.0 Å². The molecule has 0 saturated heterocycles. The van der Waals surface area contributed by atoms with Crippen LogP contribution in [0.4, 0.5) is 0 Å². The first kappa shape index (κ1) is 16.1. The molecule has 104 valence electrons. The fourth-order valence-electron chi connectivity index (χ4n) is 1.64. The zero-order valence-electron chi connectivity index (χ0n) is 10.7. The number of hydrogen-bond donors (Lipinski definition) is 1. The van der Waals surface area contributed by atoms with Gasteiger partial charge in [0.05, 0.1) is 10.4 Å². The van der Waals surface area contributed by atoms with Gasteiger partial charge in [-0.1, -0.05) is 13.3 Å². The molecule has 0 radical (unpaired) electrons. The molecule has 1 aromatic heterocycles. The Morgan fingerprint density at radius 1 is 1.56 bits per heavy atom. The van der Waals surface area contributed by atoms with Gasteiger partial charge in [-0.3, -0.25) is 0 Å². The summed E-state index contributed by atoms with van der Waals surface area (Å²) in [6.07, 6.45) is 1.76. The lowest BCUT2D eigenvalue weighted by Crippen LogP contribution is -2.34. The van der Waals surface area contributed by atoms with Crippen molar-refractivity contribution in [3.63, 3.8) is 0 Å². The van der Waals surface area contributed by atoms with E-state index in [1.165, 1.54) is 21.7 Å². The van der Waals surface area contributed by atoms with Crippen molar-refractivity contribution in [3.05, 3.63) is 14.7 Å². The first-order valence-electron chi connectivity index (χ1n) is 5.71. The summed E-state index contributed by atoms with van der Waals surface area (Å²) in [4.78, 5) is 0.874. The molecule has 0 aliphatic carbocycles. The van der Waals surface area contributed by atoms with Crippen LogP contribution in [0.5, 0.6) is 0 Å². The maximum Gasteiger partial charge on any atom is 0.245 e. The fraction of sp³-hybridized carbons (Fsp3) is 0.636. The van der Waals surface area contributed by atoms with Crippen LogP contribution in [0.2, 0.25) is 0 Å². The van der Waals surface area contributed by atoms with Crippen LogP contribution < -0.4 is 0 Å². The zero-order valence-corrected chi connectivity index (χ0v) is 13.9. The second kappa shape index (κ2) is 6.47. The molecule has 18 heavy (non-hydrogen) atoms. The molecule has 1 rings (SSSR count). The number of thiophene rings is 1. The number of halogens is 1. The Kier molecular flexibility index (Phi) is 5.79. The number of aliphatic hydroxyl groups is 1. The summed E-state index contributed by atoms with van der Waals surface area (Å²) in [7, 11) is -1.90. The van der Waals surface area contributed by atoms with Gasteiger partial charge in [0.2, 0.25) is 10.0 Å². The number of hydrogen-bond acceptors (Lipinski definition) is 4. The quantitative estimate of drug-likeness (QED) is 0.853. The maximum absolute atomic E-state index is 12.4. The molecule has 1 heterocycles. The topological polar surface area (TPSA) is 57.6 Å². The normalized spacial score (nSPS) is 14.1. The summed E-state index contributed by atoms with van der Waals surface area (Å²) >= 11 is 4.50.